The van der Waals surface area contributed by atoms with Crippen molar-refractivity contribution in [3.8, 4) is 0 Å². The molecule has 0 aromatic heterocycles. The van der Waals surface area contributed by atoms with Crippen molar-refractivity contribution in [2.24, 2.45) is 0 Å². The van der Waals surface area contributed by atoms with Crippen LogP contribution in [0.15, 0.2) is 42.5 Å². The quantitative estimate of drug-likeness (QED) is 0.616. The lowest BCUT2D eigenvalue weighted by atomic mass is 10.0. The predicted molar refractivity (Wildman–Crippen MR) is 83.4 cm³/mol. The van der Waals surface area contributed by atoms with Gasteiger partial charge in [0.2, 0.25) is 0 Å². The van der Waals surface area contributed by atoms with Crippen molar-refractivity contribution in [1.82, 2.24) is 0 Å². The van der Waals surface area contributed by atoms with Gasteiger partial charge in [-0.05, 0) is 41.5 Å². The molecule has 0 aliphatic rings. The zero-order valence-electron chi connectivity index (χ0n) is 10.1. The molecule has 0 atom stereocenters. The Morgan fingerprint density at radius 3 is 2.10 bits per heavy atom. The first kappa shape index (κ1) is 14.9. The van der Waals surface area contributed by atoms with Crippen molar-refractivity contribution in [1.29, 1.82) is 0 Å². The van der Waals surface area contributed by atoms with Gasteiger partial charge < -0.3 is 5.11 Å². The number of carboxylic acids is 1. The molecule has 0 unspecified atom stereocenters. The van der Waals surface area contributed by atoms with Gasteiger partial charge in [-0.2, -0.15) is 0 Å². The maximum atomic E-state index is 11.4. The van der Waals surface area contributed by atoms with E-state index in [0.717, 1.165) is 0 Å². The fourth-order valence-corrected chi connectivity index (χ4v) is 2.26. The van der Waals surface area contributed by atoms with Crippen LogP contribution in [0.2, 0.25) is 15.1 Å². The Hall–Kier alpha value is -1.48. The van der Waals surface area contributed by atoms with Gasteiger partial charge in [0.05, 0.1) is 5.57 Å². The smallest absolute Gasteiger partial charge is 0.336 e. The van der Waals surface area contributed by atoms with Crippen LogP contribution in [-0.2, 0) is 4.79 Å². The number of rotatable bonds is 3. The molecule has 0 bridgehead atoms. The molecule has 0 saturated carbocycles. The average Bonchev–Trinajstić information content (AvgIpc) is 2.39. The van der Waals surface area contributed by atoms with Crippen molar-refractivity contribution >= 4 is 52.4 Å². The summed E-state index contributed by atoms with van der Waals surface area (Å²) in [7, 11) is 0. The molecule has 0 saturated heterocycles. The molecule has 0 aliphatic carbocycles. The predicted octanol–water partition coefficient (Wildman–Crippen LogP) is 5.27. The molecule has 2 rings (SSSR count). The number of carboxylic acid groups (broad SMARTS) is 1. The van der Waals surface area contributed by atoms with E-state index in [2.05, 4.69) is 0 Å². The van der Waals surface area contributed by atoms with Crippen LogP contribution < -0.4 is 0 Å². The number of hydrogen-bond acceptors (Lipinski definition) is 1. The van der Waals surface area contributed by atoms with E-state index in [4.69, 9.17) is 34.8 Å². The van der Waals surface area contributed by atoms with Gasteiger partial charge in [-0.25, -0.2) is 4.79 Å². The first-order valence-electron chi connectivity index (χ1n) is 5.63. The fraction of sp³-hybridized carbons (Fsp3) is 0. The highest BCUT2D eigenvalue weighted by atomic mass is 35.5. The molecule has 5 heteroatoms. The molecule has 0 amide bonds. The summed E-state index contributed by atoms with van der Waals surface area (Å²) in [5.41, 5.74) is 1.27. The lowest BCUT2D eigenvalue weighted by molar-refractivity contribution is -0.130. The van der Waals surface area contributed by atoms with Gasteiger partial charge in [0, 0.05) is 15.1 Å². The second kappa shape index (κ2) is 6.31. The molecule has 0 spiro atoms. The summed E-state index contributed by atoms with van der Waals surface area (Å²) in [6.45, 7) is 0. The van der Waals surface area contributed by atoms with Crippen LogP contribution in [-0.4, -0.2) is 11.1 Å². The second-order valence-corrected chi connectivity index (χ2v) is 5.32. The highest BCUT2D eigenvalue weighted by molar-refractivity contribution is 6.36. The van der Waals surface area contributed by atoms with E-state index in [1.54, 1.807) is 42.5 Å². The normalized spacial score (nSPS) is 11.4. The van der Waals surface area contributed by atoms with Crippen LogP contribution in [0, 0.1) is 0 Å². The van der Waals surface area contributed by atoms with Crippen molar-refractivity contribution in [3.63, 3.8) is 0 Å². The van der Waals surface area contributed by atoms with Crippen LogP contribution in [0.5, 0.6) is 0 Å². The minimum atomic E-state index is -1.04. The fourth-order valence-electron chi connectivity index (χ4n) is 1.67. The highest BCUT2D eigenvalue weighted by Gasteiger charge is 2.11. The summed E-state index contributed by atoms with van der Waals surface area (Å²) in [6.07, 6.45) is 1.50. The number of benzene rings is 2. The van der Waals surface area contributed by atoms with Crippen molar-refractivity contribution < 1.29 is 9.90 Å². The summed E-state index contributed by atoms with van der Waals surface area (Å²) in [5, 5.41) is 10.8. The largest absolute Gasteiger partial charge is 0.478 e. The summed E-state index contributed by atoms with van der Waals surface area (Å²) >= 11 is 17.7. The standard InChI is InChI=1S/C15H9Cl3O2/c16-11-4-1-9(2-5-11)13(15(19)20)7-10-3-6-12(17)8-14(10)18/h1-8H,(H,19,20)/b13-7-. The number of hydrogen-bond donors (Lipinski definition) is 1. The third kappa shape index (κ3) is 3.54. The average molecular weight is 328 g/mol. The Labute approximate surface area is 131 Å². The van der Waals surface area contributed by atoms with E-state index in [-0.39, 0.29) is 5.57 Å². The third-order valence-corrected chi connectivity index (χ3v) is 3.46. The SMILES string of the molecule is O=C(O)/C(=C\c1ccc(Cl)cc1Cl)c1ccc(Cl)cc1. The van der Waals surface area contributed by atoms with Gasteiger partial charge in [0.1, 0.15) is 0 Å². The molecular weight excluding hydrogens is 319 g/mol. The highest BCUT2D eigenvalue weighted by Crippen LogP contribution is 2.26. The van der Waals surface area contributed by atoms with E-state index in [0.29, 0.717) is 26.2 Å². The van der Waals surface area contributed by atoms with Crippen molar-refractivity contribution in [3.05, 3.63) is 68.7 Å². The Morgan fingerprint density at radius 1 is 0.950 bits per heavy atom. The van der Waals surface area contributed by atoms with Gasteiger partial charge in [0.25, 0.3) is 0 Å². The summed E-state index contributed by atoms with van der Waals surface area (Å²) < 4.78 is 0. The molecule has 2 aromatic rings. The Kier molecular flexibility index (Phi) is 4.71. The molecule has 0 heterocycles. The first-order valence-corrected chi connectivity index (χ1v) is 6.77. The van der Waals surface area contributed by atoms with Crippen LogP contribution in [0.25, 0.3) is 11.6 Å². The number of carbonyl (C=O) groups is 1. The molecular formula is C15H9Cl3O2. The van der Waals surface area contributed by atoms with Gasteiger partial charge in [-0.3, -0.25) is 0 Å². The topological polar surface area (TPSA) is 37.3 Å². The molecule has 0 radical (unpaired) electrons. The maximum Gasteiger partial charge on any atom is 0.336 e. The number of aliphatic carboxylic acids is 1. The van der Waals surface area contributed by atoms with Crippen LogP contribution >= 0.6 is 34.8 Å². The van der Waals surface area contributed by atoms with Gasteiger partial charge in [-0.1, -0.05) is 53.0 Å². The van der Waals surface area contributed by atoms with Crippen LogP contribution in [0.3, 0.4) is 0 Å². The zero-order valence-corrected chi connectivity index (χ0v) is 12.4. The van der Waals surface area contributed by atoms with Crippen molar-refractivity contribution in [2.45, 2.75) is 0 Å². The van der Waals surface area contributed by atoms with Gasteiger partial charge >= 0.3 is 5.97 Å². The second-order valence-electron chi connectivity index (χ2n) is 4.04. The first-order chi connectivity index (χ1) is 9.47. The maximum absolute atomic E-state index is 11.4. The molecule has 0 aliphatic heterocycles. The lowest BCUT2D eigenvalue weighted by Crippen LogP contribution is -1.99. The van der Waals surface area contributed by atoms with Crippen LogP contribution in [0.1, 0.15) is 11.1 Å². The Bertz CT molecular complexity index is 676. The molecule has 1 N–H and O–H groups in total. The van der Waals surface area contributed by atoms with Crippen LogP contribution in [0.4, 0.5) is 0 Å². The lowest BCUT2D eigenvalue weighted by Gasteiger charge is -2.05. The van der Waals surface area contributed by atoms with E-state index in [9.17, 15) is 9.90 Å². The third-order valence-electron chi connectivity index (χ3n) is 2.65. The van der Waals surface area contributed by atoms with Gasteiger partial charge in [0.15, 0.2) is 0 Å². The number of halogens is 3. The summed E-state index contributed by atoms with van der Waals surface area (Å²) in [5.74, 6) is -1.04. The van der Waals surface area contributed by atoms with Gasteiger partial charge in [-0.15, -0.1) is 0 Å². The summed E-state index contributed by atoms with van der Waals surface area (Å²) in [4.78, 5) is 11.4. The molecule has 2 nitrogen and oxygen atoms in total. The molecule has 20 heavy (non-hydrogen) atoms. The summed E-state index contributed by atoms with van der Waals surface area (Å²) in [6, 6.07) is 11.5. The Morgan fingerprint density at radius 2 is 1.55 bits per heavy atom. The minimum absolute atomic E-state index is 0.130. The van der Waals surface area contributed by atoms with Crippen molar-refractivity contribution in [2.75, 3.05) is 0 Å². The van der Waals surface area contributed by atoms with E-state index >= 15 is 0 Å². The van der Waals surface area contributed by atoms with E-state index in [1.165, 1.54) is 6.08 Å². The van der Waals surface area contributed by atoms with E-state index < -0.39 is 5.97 Å². The zero-order chi connectivity index (χ0) is 14.7. The Balaban J connectivity index is 2.50. The molecule has 102 valence electrons. The monoisotopic (exact) mass is 326 g/mol. The minimum Gasteiger partial charge on any atom is -0.478 e. The van der Waals surface area contributed by atoms with E-state index in [1.807, 2.05) is 0 Å². The molecule has 0 fully saturated rings. The molecule has 2 aromatic carbocycles.